The fourth-order valence-electron chi connectivity index (χ4n) is 9.33. The van der Waals surface area contributed by atoms with Crippen LogP contribution >= 0.6 is 0 Å². The largest absolute Gasteiger partial charge is 0.482 e. The topological polar surface area (TPSA) is 231 Å². The van der Waals surface area contributed by atoms with Crippen molar-refractivity contribution in [3.63, 3.8) is 0 Å². The third kappa shape index (κ3) is 7.62. The third-order valence-electron chi connectivity index (χ3n) is 12.7. The monoisotopic (exact) mass is 830 g/mol. The molecule has 7 heterocycles. The van der Waals surface area contributed by atoms with Gasteiger partial charge in [0.2, 0.25) is 5.91 Å². The minimum atomic E-state index is -2.42. The highest BCUT2D eigenvalue weighted by Gasteiger charge is 2.51. The lowest BCUT2D eigenvalue weighted by Gasteiger charge is -2.46. The molecule has 6 aliphatic rings. The Bertz CT molecular complexity index is 2250. The standard InChI is InChI=1S/C43H54N6O11/c1-4-31-27-6-11-46-30(27)20-49(31)38-39-26(17-28-33(51)15-24(2)58-40(28)38)18-36(42(59-39,10-13-44-3)9-5-25-16-37(54)47-19-25)60-57-22-35(53)43(56,41(55)34(52)21-50)23-48-14-8-29-32(48)7-12-45-29/h6-8,11-12,14-15,17,25,32,34-36,41,44,50,52-53,55-56H,4-5,9-10,13,16,18-23H2,1-3H3,(H,47,54). The van der Waals surface area contributed by atoms with E-state index in [9.17, 15) is 35.1 Å². The highest BCUT2D eigenvalue weighted by molar-refractivity contribution is 6.13. The van der Waals surface area contributed by atoms with E-state index < -0.39 is 48.8 Å². The summed E-state index contributed by atoms with van der Waals surface area (Å²) >= 11 is 0. The number of hydrogen-bond acceptors (Lipinski definition) is 16. The molecule has 0 bridgehead atoms. The molecule has 0 spiro atoms. The quantitative estimate of drug-likeness (QED) is 0.0823. The number of ether oxygens (including phenoxy) is 1. The van der Waals surface area contributed by atoms with Gasteiger partial charge in [0.05, 0.1) is 42.5 Å². The Morgan fingerprint density at radius 2 is 1.97 bits per heavy atom. The molecule has 1 aromatic carbocycles. The van der Waals surface area contributed by atoms with Crippen LogP contribution in [0.5, 0.6) is 5.75 Å². The van der Waals surface area contributed by atoms with Gasteiger partial charge in [0, 0.05) is 67.3 Å². The number of anilines is 1. The second-order valence-corrected chi connectivity index (χ2v) is 16.5. The average molecular weight is 831 g/mol. The van der Waals surface area contributed by atoms with E-state index in [1.54, 1.807) is 48.6 Å². The Labute approximate surface area is 347 Å². The Morgan fingerprint density at radius 1 is 1.13 bits per heavy atom. The molecule has 60 heavy (non-hydrogen) atoms. The van der Waals surface area contributed by atoms with Crippen molar-refractivity contribution in [3.05, 3.63) is 81.8 Å². The summed E-state index contributed by atoms with van der Waals surface area (Å²) in [6, 6.07) is 2.87. The number of hydrogen-bond donors (Lipinski definition) is 7. The van der Waals surface area contributed by atoms with Gasteiger partial charge in [-0.25, -0.2) is 9.78 Å². The number of aliphatic hydroxyl groups excluding tert-OH is 4. The Balaban J connectivity index is 1.15. The number of aryl methyl sites for hydroxylation is 1. The van der Waals surface area contributed by atoms with Gasteiger partial charge in [-0.05, 0) is 70.0 Å². The molecule has 1 aromatic heterocycles. The number of nitrogens with one attached hydrogen (secondary N) is 2. The molecule has 0 aliphatic carbocycles. The molecule has 1 amide bonds. The number of benzene rings is 1. The fraction of sp³-hybridized carbons (Fsp3) is 0.535. The zero-order valence-corrected chi connectivity index (χ0v) is 34.0. The van der Waals surface area contributed by atoms with Crippen LogP contribution in [0.15, 0.2) is 79.4 Å². The number of fused-ring (bicyclic) bond motifs is 4. The molecule has 2 aromatic rings. The van der Waals surface area contributed by atoms with E-state index in [-0.39, 0.29) is 36.3 Å². The van der Waals surface area contributed by atoms with Gasteiger partial charge < -0.3 is 55.1 Å². The van der Waals surface area contributed by atoms with Crippen LogP contribution in [-0.2, 0) is 21.0 Å². The van der Waals surface area contributed by atoms with Crippen molar-refractivity contribution in [2.24, 2.45) is 15.9 Å². The second-order valence-electron chi connectivity index (χ2n) is 16.5. The van der Waals surface area contributed by atoms with Crippen LogP contribution in [0.1, 0.15) is 50.4 Å². The van der Waals surface area contributed by atoms with Crippen molar-refractivity contribution in [2.75, 3.05) is 51.3 Å². The summed E-state index contributed by atoms with van der Waals surface area (Å²) < 4.78 is 13.7. The molecule has 322 valence electrons. The highest BCUT2D eigenvalue weighted by Crippen LogP contribution is 2.50. The second kappa shape index (κ2) is 17.0. The van der Waals surface area contributed by atoms with Gasteiger partial charge in [-0.1, -0.05) is 6.92 Å². The Morgan fingerprint density at radius 3 is 2.72 bits per heavy atom. The number of β-amino-alcohol motifs (C(OH)–C–C–N with tert-alkyl or cyclic N) is 1. The predicted octanol–water partition coefficient (Wildman–Crippen LogP) is 1.04. The van der Waals surface area contributed by atoms with Crippen LogP contribution in [0, 0.1) is 12.8 Å². The molecular formula is C43H54N6O11. The minimum Gasteiger partial charge on any atom is -0.482 e. The molecule has 17 nitrogen and oxygen atoms in total. The fourth-order valence-corrected chi connectivity index (χ4v) is 9.33. The molecule has 8 rings (SSSR count). The van der Waals surface area contributed by atoms with Crippen LogP contribution in [0.25, 0.3) is 11.0 Å². The van der Waals surface area contributed by atoms with Crippen LogP contribution in [0.3, 0.4) is 0 Å². The van der Waals surface area contributed by atoms with E-state index >= 15 is 0 Å². The van der Waals surface area contributed by atoms with Crippen LogP contribution in [-0.4, -0.2) is 136 Å². The van der Waals surface area contributed by atoms with Gasteiger partial charge in [0.15, 0.2) is 16.8 Å². The molecule has 6 aliphatic heterocycles. The van der Waals surface area contributed by atoms with Crippen molar-refractivity contribution in [1.29, 1.82) is 0 Å². The summed E-state index contributed by atoms with van der Waals surface area (Å²) in [5.41, 5.74) is 1.58. The number of carbonyl (C=O) groups is 1. The lowest BCUT2D eigenvalue weighted by Crippen LogP contribution is -2.64. The molecule has 7 N–H and O–H groups in total. The molecule has 17 heteroatoms. The average Bonchev–Trinajstić information content (AvgIpc) is 4.08. The predicted molar refractivity (Wildman–Crippen MR) is 222 cm³/mol. The SMILES string of the molecule is CCC1=C2C=CN=C2CN1c1c2c(cc3c(=O)cc(C)oc13)CC(OOCC(O)C(O)(CN1C=CC3=NC=CC31)C(O)C(O)CO)C(CCNC)(CCC1CNC(=O)C1)O2. The summed E-state index contributed by atoms with van der Waals surface area (Å²) in [5.74, 6) is 1.01. The van der Waals surface area contributed by atoms with Crippen LogP contribution < -0.4 is 25.7 Å². The van der Waals surface area contributed by atoms with Gasteiger partial charge in [0.25, 0.3) is 0 Å². The maximum absolute atomic E-state index is 13.7. The molecule has 1 fully saturated rings. The first-order valence-electron chi connectivity index (χ1n) is 20.7. The zero-order chi connectivity index (χ0) is 42.3. The molecular weight excluding hydrogens is 777 g/mol. The Kier molecular flexibility index (Phi) is 11.9. The van der Waals surface area contributed by atoms with Crippen molar-refractivity contribution in [1.82, 2.24) is 15.5 Å². The lowest BCUT2D eigenvalue weighted by atomic mass is 9.79. The van der Waals surface area contributed by atoms with Gasteiger partial charge in [-0.15, -0.1) is 0 Å². The molecule has 0 saturated carbocycles. The number of carbonyl (C=O) groups excluding carboxylic acids is 1. The third-order valence-corrected chi connectivity index (χ3v) is 12.7. The smallest absolute Gasteiger partial charge is 0.220 e. The number of allylic oxidation sites excluding steroid dienone is 2. The van der Waals surface area contributed by atoms with E-state index in [4.69, 9.17) is 18.9 Å². The summed E-state index contributed by atoms with van der Waals surface area (Å²) in [4.78, 5) is 50.8. The van der Waals surface area contributed by atoms with E-state index in [2.05, 4.69) is 32.4 Å². The summed E-state index contributed by atoms with van der Waals surface area (Å²) in [6.07, 6.45) is 6.85. The highest BCUT2D eigenvalue weighted by atomic mass is 17.2. The molecule has 1 saturated heterocycles. The van der Waals surface area contributed by atoms with Crippen molar-refractivity contribution in [3.8, 4) is 5.75 Å². The van der Waals surface area contributed by atoms with Crippen molar-refractivity contribution < 1.29 is 49.3 Å². The van der Waals surface area contributed by atoms with Crippen LogP contribution in [0.4, 0.5) is 5.69 Å². The zero-order valence-electron chi connectivity index (χ0n) is 34.0. The van der Waals surface area contributed by atoms with Gasteiger partial charge in [-0.3, -0.25) is 19.6 Å². The van der Waals surface area contributed by atoms with Gasteiger partial charge in [0.1, 0.15) is 53.7 Å². The molecule has 8 unspecified atom stereocenters. The summed E-state index contributed by atoms with van der Waals surface area (Å²) in [6.45, 7) is 3.40. The maximum Gasteiger partial charge on any atom is 0.220 e. The summed E-state index contributed by atoms with van der Waals surface area (Å²) in [5, 5.41) is 61.4. The number of rotatable bonds is 18. The number of aliphatic hydroxyl groups is 5. The lowest BCUT2D eigenvalue weighted by molar-refractivity contribution is -0.367. The normalized spacial score (nSPS) is 26.5. The van der Waals surface area contributed by atoms with Gasteiger partial charge >= 0.3 is 0 Å². The van der Waals surface area contributed by atoms with E-state index in [0.717, 1.165) is 17.0 Å². The minimum absolute atomic E-state index is 0.0157. The Hall–Kier alpha value is -4.72. The van der Waals surface area contributed by atoms with Crippen LogP contribution in [0.2, 0.25) is 0 Å². The van der Waals surface area contributed by atoms with E-state index in [0.29, 0.717) is 91.2 Å². The molecule has 0 radical (unpaired) electrons. The van der Waals surface area contributed by atoms with Crippen molar-refractivity contribution in [2.45, 2.75) is 94.0 Å². The van der Waals surface area contributed by atoms with Crippen molar-refractivity contribution >= 4 is 34.0 Å². The maximum atomic E-state index is 13.7. The summed E-state index contributed by atoms with van der Waals surface area (Å²) in [7, 11) is 1.83. The number of aliphatic imine (C=N–C) groups is 2. The molecule has 8 atom stereocenters. The first-order chi connectivity index (χ1) is 28.9. The van der Waals surface area contributed by atoms with E-state index in [1.165, 1.54) is 6.07 Å². The first kappa shape index (κ1) is 42.0. The number of amides is 1. The van der Waals surface area contributed by atoms with Gasteiger partial charge in [-0.2, -0.15) is 0 Å². The number of nitrogens with zero attached hydrogens (tertiary/aromatic N) is 4. The first-order valence-corrected chi connectivity index (χ1v) is 20.7. The van der Waals surface area contributed by atoms with E-state index in [1.807, 2.05) is 13.1 Å².